The van der Waals surface area contributed by atoms with Crippen molar-refractivity contribution in [3.05, 3.63) is 29.8 Å². The van der Waals surface area contributed by atoms with Crippen LogP contribution in [0.4, 0.5) is 5.69 Å². The van der Waals surface area contributed by atoms with Gasteiger partial charge in [-0.15, -0.1) is 0 Å². The number of anilines is 1. The van der Waals surface area contributed by atoms with Gasteiger partial charge >= 0.3 is 0 Å². The van der Waals surface area contributed by atoms with Crippen LogP contribution in [0.15, 0.2) is 24.3 Å². The summed E-state index contributed by atoms with van der Waals surface area (Å²) in [5.41, 5.74) is 1.94. The summed E-state index contributed by atoms with van der Waals surface area (Å²) in [6, 6.07) is 9.97. The molecule has 3 nitrogen and oxygen atoms in total. The van der Waals surface area contributed by atoms with Crippen LogP contribution in [0.1, 0.15) is 38.2 Å². The lowest BCUT2D eigenvalue weighted by Gasteiger charge is -2.08. The lowest BCUT2D eigenvalue weighted by molar-refractivity contribution is -0.116. The number of benzene rings is 1. The molecule has 1 aromatic rings. The molecule has 0 fully saturated rings. The number of nitrogens with one attached hydrogen (secondary N) is 1. The number of carbonyl (C=O) groups excluding carboxylic acids is 1. The first-order chi connectivity index (χ1) is 8.65. The number of nitriles is 1. The highest BCUT2D eigenvalue weighted by atomic mass is 16.1. The van der Waals surface area contributed by atoms with Crippen LogP contribution in [-0.4, -0.2) is 5.91 Å². The molecule has 0 saturated carbocycles. The standard InChI is InChI=1S/C15H20N2O/c1-3-5-13(11-16)8-9-15(18)17-14-7-4-6-12(2)10-14/h4,6-7,10,13H,3,5,8-9H2,1-2H3,(H,17,18). The van der Waals surface area contributed by atoms with E-state index in [4.69, 9.17) is 5.26 Å². The maximum Gasteiger partial charge on any atom is 0.224 e. The minimum Gasteiger partial charge on any atom is -0.326 e. The number of amides is 1. The zero-order valence-electron chi connectivity index (χ0n) is 11.1. The molecule has 1 atom stereocenters. The largest absolute Gasteiger partial charge is 0.326 e. The smallest absolute Gasteiger partial charge is 0.224 e. The van der Waals surface area contributed by atoms with Crippen molar-refractivity contribution in [3.63, 3.8) is 0 Å². The van der Waals surface area contributed by atoms with Crippen LogP contribution in [-0.2, 0) is 4.79 Å². The van der Waals surface area contributed by atoms with Gasteiger partial charge in [0.15, 0.2) is 0 Å². The molecular weight excluding hydrogens is 224 g/mol. The van der Waals surface area contributed by atoms with Crippen molar-refractivity contribution in [3.8, 4) is 6.07 Å². The summed E-state index contributed by atoms with van der Waals surface area (Å²) in [7, 11) is 0. The molecule has 0 saturated heterocycles. The summed E-state index contributed by atoms with van der Waals surface area (Å²) in [5, 5.41) is 11.8. The SMILES string of the molecule is CCCC(C#N)CCC(=O)Nc1cccc(C)c1. The van der Waals surface area contributed by atoms with E-state index in [1.165, 1.54) is 0 Å². The number of rotatable bonds is 6. The molecule has 0 bridgehead atoms. The van der Waals surface area contributed by atoms with Crippen molar-refractivity contribution < 1.29 is 4.79 Å². The normalized spacial score (nSPS) is 11.6. The Labute approximate surface area is 109 Å². The van der Waals surface area contributed by atoms with Crippen LogP contribution in [0.3, 0.4) is 0 Å². The second-order valence-corrected chi connectivity index (χ2v) is 4.57. The number of aryl methyl sites for hydroxylation is 1. The van der Waals surface area contributed by atoms with Gasteiger partial charge in [-0.25, -0.2) is 0 Å². The third-order valence-electron chi connectivity index (χ3n) is 2.84. The summed E-state index contributed by atoms with van der Waals surface area (Å²) >= 11 is 0. The van der Waals surface area contributed by atoms with Gasteiger partial charge in [-0.3, -0.25) is 4.79 Å². The molecule has 3 heteroatoms. The molecule has 0 aliphatic heterocycles. The Bertz CT molecular complexity index is 434. The predicted octanol–water partition coefficient (Wildman–Crippen LogP) is 3.65. The third-order valence-corrected chi connectivity index (χ3v) is 2.84. The molecule has 0 heterocycles. The molecule has 0 radical (unpaired) electrons. The Hall–Kier alpha value is -1.82. The van der Waals surface area contributed by atoms with Crippen LogP contribution in [0.5, 0.6) is 0 Å². The molecule has 96 valence electrons. The first-order valence-corrected chi connectivity index (χ1v) is 6.41. The zero-order valence-corrected chi connectivity index (χ0v) is 11.1. The van der Waals surface area contributed by atoms with E-state index in [1.54, 1.807) is 0 Å². The van der Waals surface area contributed by atoms with Crippen LogP contribution in [0, 0.1) is 24.2 Å². The summed E-state index contributed by atoms with van der Waals surface area (Å²) < 4.78 is 0. The van der Waals surface area contributed by atoms with Gasteiger partial charge in [-0.05, 0) is 37.5 Å². The van der Waals surface area contributed by atoms with Crippen molar-refractivity contribution >= 4 is 11.6 Å². The van der Waals surface area contributed by atoms with Gasteiger partial charge in [-0.2, -0.15) is 5.26 Å². The first kappa shape index (κ1) is 14.2. The highest BCUT2D eigenvalue weighted by Gasteiger charge is 2.09. The lowest BCUT2D eigenvalue weighted by Crippen LogP contribution is -2.13. The first-order valence-electron chi connectivity index (χ1n) is 6.41. The highest BCUT2D eigenvalue weighted by molar-refractivity contribution is 5.90. The molecule has 1 amide bonds. The van der Waals surface area contributed by atoms with Crippen LogP contribution in [0.2, 0.25) is 0 Å². The van der Waals surface area contributed by atoms with E-state index in [-0.39, 0.29) is 11.8 Å². The van der Waals surface area contributed by atoms with Crippen molar-refractivity contribution in [2.75, 3.05) is 5.32 Å². The summed E-state index contributed by atoms with van der Waals surface area (Å²) in [4.78, 5) is 11.7. The second-order valence-electron chi connectivity index (χ2n) is 4.57. The number of hydrogen-bond donors (Lipinski definition) is 1. The van der Waals surface area contributed by atoms with E-state index < -0.39 is 0 Å². The fourth-order valence-corrected chi connectivity index (χ4v) is 1.87. The molecule has 0 spiro atoms. The molecule has 0 aromatic heterocycles. The predicted molar refractivity (Wildman–Crippen MR) is 73.1 cm³/mol. The fraction of sp³-hybridized carbons (Fsp3) is 0.467. The van der Waals surface area contributed by atoms with Gasteiger partial charge < -0.3 is 5.32 Å². The number of hydrogen-bond acceptors (Lipinski definition) is 2. The van der Waals surface area contributed by atoms with Crippen molar-refractivity contribution in [1.82, 2.24) is 0 Å². The van der Waals surface area contributed by atoms with Crippen LogP contribution in [0.25, 0.3) is 0 Å². The molecule has 1 aromatic carbocycles. The zero-order chi connectivity index (χ0) is 13.4. The Kier molecular flexibility index (Phi) is 5.93. The van der Waals surface area contributed by atoms with Crippen molar-refractivity contribution in [2.45, 2.75) is 39.5 Å². The molecule has 0 aliphatic rings. The van der Waals surface area contributed by atoms with E-state index in [0.29, 0.717) is 12.8 Å². The third kappa shape index (κ3) is 5.01. The van der Waals surface area contributed by atoms with Crippen LogP contribution < -0.4 is 5.32 Å². The Balaban J connectivity index is 2.40. The van der Waals surface area contributed by atoms with Crippen molar-refractivity contribution in [2.24, 2.45) is 5.92 Å². The maximum atomic E-state index is 11.7. The molecule has 1 rings (SSSR count). The van der Waals surface area contributed by atoms with E-state index >= 15 is 0 Å². The van der Waals surface area contributed by atoms with Gasteiger partial charge in [0.25, 0.3) is 0 Å². The Morgan fingerprint density at radius 1 is 1.44 bits per heavy atom. The van der Waals surface area contributed by atoms with E-state index in [0.717, 1.165) is 24.1 Å². The Morgan fingerprint density at radius 3 is 2.83 bits per heavy atom. The monoisotopic (exact) mass is 244 g/mol. The summed E-state index contributed by atoms with van der Waals surface area (Å²) in [6.07, 6.45) is 2.90. The minimum absolute atomic E-state index is 0.00161. The molecule has 1 N–H and O–H groups in total. The van der Waals surface area contributed by atoms with Gasteiger partial charge in [0, 0.05) is 18.0 Å². The molecular formula is C15H20N2O. The number of carbonyl (C=O) groups is 1. The summed E-state index contributed by atoms with van der Waals surface area (Å²) in [6.45, 7) is 4.04. The second kappa shape index (κ2) is 7.50. The van der Waals surface area contributed by atoms with E-state index in [1.807, 2.05) is 31.2 Å². The fourth-order valence-electron chi connectivity index (χ4n) is 1.87. The average molecular weight is 244 g/mol. The molecule has 1 unspecified atom stereocenters. The molecule has 0 aliphatic carbocycles. The lowest BCUT2D eigenvalue weighted by atomic mass is 9.99. The van der Waals surface area contributed by atoms with Gasteiger partial charge in [0.1, 0.15) is 0 Å². The van der Waals surface area contributed by atoms with Gasteiger partial charge in [0.2, 0.25) is 5.91 Å². The quantitative estimate of drug-likeness (QED) is 0.830. The highest BCUT2D eigenvalue weighted by Crippen LogP contribution is 2.14. The average Bonchev–Trinajstić information content (AvgIpc) is 2.34. The van der Waals surface area contributed by atoms with Gasteiger partial charge in [0.05, 0.1) is 6.07 Å². The van der Waals surface area contributed by atoms with Gasteiger partial charge in [-0.1, -0.05) is 25.5 Å². The van der Waals surface area contributed by atoms with E-state index in [2.05, 4.69) is 18.3 Å². The number of nitrogens with zero attached hydrogens (tertiary/aromatic N) is 1. The topological polar surface area (TPSA) is 52.9 Å². The maximum absolute atomic E-state index is 11.7. The van der Waals surface area contributed by atoms with E-state index in [9.17, 15) is 4.79 Å². The van der Waals surface area contributed by atoms with Crippen molar-refractivity contribution in [1.29, 1.82) is 5.26 Å². The Morgan fingerprint density at radius 2 is 2.22 bits per heavy atom. The minimum atomic E-state index is -0.0167. The molecule has 18 heavy (non-hydrogen) atoms. The van der Waals surface area contributed by atoms with Crippen LogP contribution >= 0.6 is 0 Å². The summed E-state index contributed by atoms with van der Waals surface area (Å²) in [5.74, 6) is -0.0183.